The number of halogens is 2. The minimum atomic E-state index is -4.37. The monoisotopic (exact) mass is 274 g/mol. The van der Waals surface area contributed by atoms with Crippen LogP contribution in [0.5, 0.6) is 0 Å². The van der Waals surface area contributed by atoms with E-state index in [0.29, 0.717) is 6.42 Å². The van der Waals surface area contributed by atoms with Crippen LogP contribution < -0.4 is 0 Å². The molecular formula is C13H16F2O2S. The average molecular weight is 274 g/mol. The summed E-state index contributed by atoms with van der Waals surface area (Å²) in [5.41, 5.74) is 0.848. The van der Waals surface area contributed by atoms with E-state index in [2.05, 4.69) is 0 Å². The first-order valence-corrected chi connectivity index (χ1v) is 7.16. The van der Waals surface area contributed by atoms with Crippen LogP contribution in [0.4, 0.5) is 8.78 Å². The number of hydrogen-bond donors (Lipinski definition) is 0. The van der Waals surface area contributed by atoms with Gasteiger partial charge in [-0.05, 0) is 25.5 Å². The molecule has 0 aliphatic rings. The largest absolute Gasteiger partial charge is 0.250 e. The second-order valence-electron chi connectivity index (χ2n) is 4.25. The van der Waals surface area contributed by atoms with E-state index in [1.165, 1.54) is 19.1 Å². The third kappa shape index (κ3) is 2.96. The molecule has 0 saturated heterocycles. The summed E-state index contributed by atoms with van der Waals surface area (Å²) in [7, 11) is -4.37. The van der Waals surface area contributed by atoms with Crippen LogP contribution in [0.25, 0.3) is 0 Å². The van der Waals surface area contributed by atoms with Crippen molar-refractivity contribution in [2.24, 2.45) is 5.92 Å². The molecule has 1 rings (SSSR count). The second-order valence-corrected chi connectivity index (χ2v) is 6.08. The molecule has 1 aromatic carbocycles. The Balaban J connectivity index is 3.26. The Morgan fingerprint density at radius 2 is 1.72 bits per heavy atom. The van der Waals surface area contributed by atoms with Gasteiger partial charge in [-0.15, -0.1) is 0 Å². The zero-order valence-corrected chi connectivity index (χ0v) is 11.4. The van der Waals surface area contributed by atoms with Gasteiger partial charge in [0.1, 0.15) is 0 Å². The van der Waals surface area contributed by atoms with Gasteiger partial charge in [-0.2, -0.15) is 4.39 Å². The Kier molecular flexibility index (Phi) is 4.62. The molecule has 0 heterocycles. The smallest absolute Gasteiger partial charge is 0.216 e. The van der Waals surface area contributed by atoms with E-state index in [4.69, 9.17) is 0 Å². The number of allylic oxidation sites excluding steroid dienone is 1. The van der Waals surface area contributed by atoms with Crippen molar-refractivity contribution in [2.75, 3.05) is 0 Å². The lowest BCUT2D eigenvalue weighted by Gasteiger charge is -2.08. The second kappa shape index (κ2) is 5.61. The third-order valence-electron chi connectivity index (χ3n) is 2.80. The normalized spacial score (nSPS) is 15.2. The molecule has 5 heteroatoms. The van der Waals surface area contributed by atoms with E-state index in [9.17, 15) is 17.2 Å². The molecule has 0 saturated carbocycles. The highest BCUT2D eigenvalue weighted by Crippen LogP contribution is 2.28. The average Bonchev–Trinajstić information content (AvgIpc) is 2.36. The van der Waals surface area contributed by atoms with E-state index in [1.807, 2.05) is 0 Å². The zero-order valence-electron chi connectivity index (χ0n) is 10.6. The van der Waals surface area contributed by atoms with E-state index < -0.39 is 26.7 Å². The van der Waals surface area contributed by atoms with Gasteiger partial charge < -0.3 is 0 Å². The quantitative estimate of drug-likeness (QED) is 0.833. The molecule has 0 N–H and O–H groups in total. The van der Waals surface area contributed by atoms with Crippen LogP contribution >= 0.6 is 0 Å². The molecule has 1 unspecified atom stereocenters. The molecule has 100 valence electrons. The van der Waals surface area contributed by atoms with Crippen molar-refractivity contribution in [2.45, 2.75) is 32.1 Å². The summed E-state index contributed by atoms with van der Waals surface area (Å²) in [4.78, 5) is -0.232. The van der Waals surface area contributed by atoms with Gasteiger partial charge in [-0.3, -0.25) is 0 Å². The summed E-state index contributed by atoms with van der Waals surface area (Å²) >= 11 is 0. The topological polar surface area (TPSA) is 34.1 Å². The maximum atomic E-state index is 13.7. The number of sulfone groups is 1. The van der Waals surface area contributed by atoms with Gasteiger partial charge >= 0.3 is 0 Å². The Bertz CT molecular complexity index is 545. The highest BCUT2D eigenvalue weighted by molar-refractivity contribution is 7.95. The van der Waals surface area contributed by atoms with Crippen LogP contribution in [0.15, 0.2) is 40.1 Å². The summed E-state index contributed by atoms with van der Waals surface area (Å²) in [6.45, 7) is 4.89. The zero-order chi connectivity index (χ0) is 13.9. The maximum absolute atomic E-state index is 13.7. The van der Waals surface area contributed by atoms with E-state index in [1.54, 1.807) is 26.0 Å². The number of hydrogen-bond acceptors (Lipinski definition) is 2. The molecule has 0 spiro atoms. The maximum Gasteiger partial charge on any atom is 0.250 e. The first-order valence-electron chi connectivity index (χ1n) is 5.67. The summed E-state index contributed by atoms with van der Waals surface area (Å²) in [6, 6.07) is 5.63. The van der Waals surface area contributed by atoms with Crippen molar-refractivity contribution in [3.63, 3.8) is 0 Å². The van der Waals surface area contributed by atoms with Gasteiger partial charge in [0.2, 0.25) is 9.84 Å². The van der Waals surface area contributed by atoms with Gasteiger partial charge in [-0.25, -0.2) is 12.8 Å². The lowest BCUT2D eigenvalue weighted by molar-refractivity contribution is 0.447. The van der Waals surface area contributed by atoms with E-state index in [0.717, 1.165) is 5.56 Å². The van der Waals surface area contributed by atoms with Crippen molar-refractivity contribution in [1.82, 2.24) is 0 Å². The molecule has 0 bridgehead atoms. The van der Waals surface area contributed by atoms with Crippen LogP contribution in [0, 0.1) is 12.8 Å². The predicted molar refractivity (Wildman–Crippen MR) is 67.1 cm³/mol. The fourth-order valence-corrected chi connectivity index (χ4v) is 2.48. The van der Waals surface area contributed by atoms with Gasteiger partial charge in [0, 0.05) is 5.92 Å². The van der Waals surface area contributed by atoms with Crippen LogP contribution in [0.1, 0.15) is 25.8 Å². The number of rotatable bonds is 4. The van der Waals surface area contributed by atoms with Crippen molar-refractivity contribution in [3.05, 3.63) is 40.8 Å². The van der Waals surface area contributed by atoms with Crippen LogP contribution in [-0.4, -0.2) is 8.42 Å². The Morgan fingerprint density at radius 1 is 1.22 bits per heavy atom. The minimum absolute atomic E-state index is 0.232. The summed E-state index contributed by atoms with van der Waals surface area (Å²) in [5, 5.41) is -1.68. The number of aryl methyl sites for hydroxylation is 1. The number of benzene rings is 1. The molecule has 0 aliphatic heterocycles. The van der Waals surface area contributed by atoms with Gasteiger partial charge in [0.05, 0.1) is 4.90 Å². The first-order chi connectivity index (χ1) is 8.30. The minimum Gasteiger partial charge on any atom is -0.216 e. The molecule has 0 radical (unpaired) electrons. The lowest BCUT2D eigenvalue weighted by atomic mass is 10.1. The third-order valence-corrected chi connectivity index (χ3v) is 4.36. The molecule has 1 aromatic rings. The SMILES string of the molecule is CCC(C)/C(F)=C(\F)S(=O)(=O)c1ccc(C)cc1. The summed E-state index contributed by atoms with van der Waals surface area (Å²) in [6.07, 6.45) is 0.336. The Morgan fingerprint density at radius 3 is 2.17 bits per heavy atom. The van der Waals surface area contributed by atoms with Crippen molar-refractivity contribution in [1.29, 1.82) is 0 Å². The van der Waals surface area contributed by atoms with Crippen molar-refractivity contribution in [3.8, 4) is 0 Å². The molecule has 0 aromatic heterocycles. The summed E-state index contributed by atoms with van der Waals surface area (Å²) < 4.78 is 51.0. The molecule has 0 fully saturated rings. The molecule has 18 heavy (non-hydrogen) atoms. The molecule has 1 atom stereocenters. The first kappa shape index (κ1) is 14.8. The molecule has 0 amide bonds. The summed E-state index contributed by atoms with van der Waals surface area (Å²) in [5.74, 6) is -1.96. The Labute approximate surface area is 106 Å². The van der Waals surface area contributed by atoms with Crippen LogP contribution in [-0.2, 0) is 9.84 Å². The van der Waals surface area contributed by atoms with Gasteiger partial charge in [0.15, 0.2) is 5.83 Å². The van der Waals surface area contributed by atoms with E-state index >= 15 is 0 Å². The van der Waals surface area contributed by atoms with Crippen LogP contribution in [0.3, 0.4) is 0 Å². The van der Waals surface area contributed by atoms with Crippen LogP contribution in [0.2, 0.25) is 0 Å². The van der Waals surface area contributed by atoms with Crippen molar-refractivity contribution < 1.29 is 17.2 Å². The van der Waals surface area contributed by atoms with Crippen molar-refractivity contribution >= 4 is 9.84 Å². The molecule has 0 aliphatic carbocycles. The molecular weight excluding hydrogens is 258 g/mol. The lowest BCUT2D eigenvalue weighted by Crippen LogP contribution is -2.06. The highest BCUT2D eigenvalue weighted by atomic mass is 32.2. The predicted octanol–water partition coefficient (Wildman–Crippen LogP) is 3.92. The van der Waals surface area contributed by atoms with E-state index in [-0.39, 0.29) is 4.90 Å². The molecule has 2 nitrogen and oxygen atoms in total. The fraction of sp³-hybridized carbons (Fsp3) is 0.385. The van der Waals surface area contributed by atoms with Gasteiger partial charge in [-0.1, -0.05) is 31.5 Å². The Hall–Kier alpha value is -1.23. The standard InChI is InChI=1S/C13H16F2O2S/c1-4-10(3)12(14)13(15)18(16,17)11-7-5-9(2)6-8-11/h5-8,10H,4H2,1-3H3/b13-12-. The van der Waals surface area contributed by atoms with Gasteiger partial charge in [0.25, 0.3) is 5.16 Å². The highest BCUT2D eigenvalue weighted by Gasteiger charge is 2.27. The fourth-order valence-electron chi connectivity index (χ4n) is 1.32.